The van der Waals surface area contributed by atoms with Crippen molar-refractivity contribution < 1.29 is 27.4 Å². The molecule has 38 heavy (non-hydrogen) atoms. The monoisotopic (exact) mass is 548 g/mol. The highest BCUT2D eigenvalue weighted by molar-refractivity contribution is 8.14. The lowest BCUT2D eigenvalue weighted by atomic mass is 10.0. The number of hydrogen-bond acceptors (Lipinski definition) is 6. The molecule has 0 heterocycles. The number of hydrogen-bond donors (Lipinski definition) is 0. The Balaban J connectivity index is 1.50. The van der Waals surface area contributed by atoms with E-state index in [1.807, 2.05) is 84.9 Å². The predicted molar refractivity (Wildman–Crippen MR) is 149 cm³/mol. The second-order valence-electron chi connectivity index (χ2n) is 8.34. The summed E-state index contributed by atoms with van der Waals surface area (Å²) in [5.74, 6) is 2.39. The maximum atomic E-state index is 12.6. The van der Waals surface area contributed by atoms with E-state index >= 15 is 0 Å². The van der Waals surface area contributed by atoms with E-state index in [1.165, 1.54) is 6.07 Å². The largest absolute Gasteiger partial charge is 0.490 e. The van der Waals surface area contributed by atoms with Crippen LogP contribution in [0.15, 0.2) is 108 Å². The molecule has 8 heteroatoms. The van der Waals surface area contributed by atoms with E-state index in [1.54, 1.807) is 12.1 Å². The van der Waals surface area contributed by atoms with Crippen LogP contribution in [0, 0.1) is 0 Å². The first-order valence-electron chi connectivity index (χ1n) is 12.1. The molecule has 0 amide bonds. The third-order valence-corrected chi connectivity index (χ3v) is 7.22. The fraction of sp³-hybridized carbons (Fsp3) is 0.133. The van der Waals surface area contributed by atoms with Gasteiger partial charge in [-0.15, -0.1) is 0 Å². The molecule has 0 bridgehead atoms. The van der Waals surface area contributed by atoms with E-state index in [4.69, 9.17) is 29.6 Å². The van der Waals surface area contributed by atoms with Crippen molar-refractivity contribution in [1.82, 2.24) is 0 Å². The Morgan fingerprint density at radius 3 is 1.50 bits per heavy atom. The van der Waals surface area contributed by atoms with E-state index in [0.717, 1.165) is 16.9 Å². The SMILES string of the molecule is O=S(=O)(Cl)c1cccc2c(OCCOc3ccccc3)c3ccccc3c(OCCOc3ccccc3)c12. The molecule has 0 fully saturated rings. The first kappa shape index (κ1) is 25.7. The lowest BCUT2D eigenvalue weighted by molar-refractivity contribution is 0.218. The van der Waals surface area contributed by atoms with Crippen molar-refractivity contribution in [3.05, 3.63) is 103 Å². The summed E-state index contributed by atoms with van der Waals surface area (Å²) in [6.45, 7) is 1.01. The fourth-order valence-corrected chi connectivity index (χ4v) is 5.34. The van der Waals surface area contributed by atoms with Gasteiger partial charge in [-0.25, -0.2) is 8.42 Å². The number of para-hydroxylation sites is 2. The topological polar surface area (TPSA) is 71.1 Å². The summed E-state index contributed by atoms with van der Waals surface area (Å²) in [4.78, 5) is -0.0493. The Labute approximate surface area is 225 Å². The van der Waals surface area contributed by atoms with Gasteiger partial charge in [0.2, 0.25) is 0 Å². The van der Waals surface area contributed by atoms with Crippen molar-refractivity contribution in [2.75, 3.05) is 26.4 Å². The number of fused-ring (bicyclic) bond motifs is 2. The van der Waals surface area contributed by atoms with Gasteiger partial charge < -0.3 is 18.9 Å². The predicted octanol–water partition coefficient (Wildman–Crippen LogP) is 6.84. The molecule has 194 valence electrons. The van der Waals surface area contributed by atoms with Gasteiger partial charge in [0, 0.05) is 32.2 Å². The average Bonchev–Trinajstić information content (AvgIpc) is 2.94. The van der Waals surface area contributed by atoms with Gasteiger partial charge in [-0.1, -0.05) is 72.8 Å². The Kier molecular flexibility index (Phi) is 7.86. The van der Waals surface area contributed by atoms with Crippen LogP contribution in [0.3, 0.4) is 0 Å². The van der Waals surface area contributed by atoms with Crippen LogP contribution >= 0.6 is 10.7 Å². The minimum Gasteiger partial charge on any atom is -0.490 e. The number of benzene rings is 5. The zero-order chi connectivity index (χ0) is 26.4. The van der Waals surface area contributed by atoms with E-state index in [0.29, 0.717) is 34.3 Å². The van der Waals surface area contributed by atoms with Gasteiger partial charge in [-0.3, -0.25) is 0 Å². The molecule has 0 unspecified atom stereocenters. The second kappa shape index (κ2) is 11.6. The summed E-state index contributed by atoms with van der Waals surface area (Å²) in [6.07, 6.45) is 0. The molecule has 0 radical (unpaired) electrons. The van der Waals surface area contributed by atoms with Gasteiger partial charge in [0.15, 0.2) is 0 Å². The van der Waals surface area contributed by atoms with E-state index in [-0.39, 0.29) is 24.7 Å². The minimum atomic E-state index is -4.09. The van der Waals surface area contributed by atoms with Crippen LogP contribution in [0.25, 0.3) is 21.5 Å². The van der Waals surface area contributed by atoms with E-state index in [9.17, 15) is 8.42 Å². The van der Waals surface area contributed by atoms with Crippen LogP contribution in [0.4, 0.5) is 0 Å². The van der Waals surface area contributed by atoms with Gasteiger partial charge in [0.05, 0.1) is 4.90 Å². The van der Waals surface area contributed by atoms with E-state index < -0.39 is 9.05 Å². The van der Waals surface area contributed by atoms with Crippen molar-refractivity contribution in [2.45, 2.75) is 4.90 Å². The second-order valence-corrected chi connectivity index (χ2v) is 10.9. The molecule has 0 aliphatic carbocycles. The molecule has 0 aliphatic heterocycles. The van der Waals surface area contributed by atoms with Gasteiger partial charge in [0.1, 0.15) is 49.4 Å². The molecule has 5 rings (SSSR count). The molecule has 0 aromatic heterocycles. The summed E-state index contributed by atoms with van der Waals surface area (Å²) in [6, 6.07) is 31.3. The lowest BCUT2D eigenvalue weighted by Gasteiger charge is -2.19. The number of halogens is 1. The van der Waals surface area contributed by atoms with Crippen LogP contribution in [-0.2, 0) is 9.05 Å². The van der Waals surface area contributed by atoms with Gasteiger partial charge in [0.25, 0.3) is 9.05 Å². The van der Waals surface area contributed by atoms with Gasteiger partial charge in [-0.2, -0.15) is 0 Å². The molecular weight excluding hydrogens is 524 g/mol. The first-order chi connectivity index (χ1) is 18.5. The Hall–Kier alpha value is -3.94. The van der Waals surface area contributed by atoms with Crippen LogP contribution in [0.5, 0.6) is 23.0 Å². The summed E-state index contributed by atoms with van der Waals surface area (Å²) >= 11 is 0. The zero-order valence-electron chi connectivity index (χ0n) is 20.4. The molecule has 0 spiro atoms. The van der Waals surface area contributed by atoms with E-state index in [2.05, 4.69) is 0 Å². The molecule has 0 aliphatic rings. The van der Waals surface area contributed by atoms with Crippen LogP contribution in [0.1, 0.15) is 0 Å². The molecule has 5 aromatic carbocycles. The van der Waals surface area contributed by atoms with Gasteiger partial charge >= 0.3 is 0 Å². The smallest absolute Gasteiger partial charge is 0.262 e. The van der Waals surface area contributed by atoms with Crippen molar-refractivity contribution in [3.63, 3.8) is 0 Å². The molecule has 0 saturated heterocycles. The van der Waals surface area contributed by atoms with Gasteiger partial charge in [-0.05, 0) is 30.3 Å². The number of rotatable bonds is 11. The number of ether oxygens (including phenoxy) is 4. The summed E-state index contributed by atoms with van der Waals surface area (Å²) in [7, 11) is 1.79. The first-order valence-corrected chi connectivity index (χ1v) is 14.4. The van der Waals surface area contributed by atoms with Crippen LogP contribution in [0.2, 0.25) is 0 Å². The summed E-state index contributed by atoms with van der Waals surface area (Å²) in [5.41, 5.74) is 0. The zero-order valence-corrected chi connectivity index (χ0v) is 22.0. The Morgan fingerprint density at radius 1 is 0.500 bits per heavy atom. The fourth-order valence-electron chi connectivity index (χ4n) is 4.26. The molecular formula is C30H25ClO6S. The lowest BCUT2D eigenvalue weighted by Crippen LogP contribution is -2.11. The molecule has 5 aromatic rings. The van der Waals surface area contributed by atoms with Crippen LogP contribution < -0.4 is 18.9 Å². The van der Waals surface area contributed by atoms with Crippen LogP contribution in [-0.4, -0.2) is 34.8 Å². The maximum Gasteiger partial charge on any atom is 0.262 e. The molecule has 0 atom stereocenters. The Morgan fingerprint density at radius 2 is 0.947 bits per heavy atom. The maximum absolute atomic E-state index is 12.6. The summed E-state index contributed by atoms with van der Waals surface area (Å²) < 4.78 is 49.2. The molecule has 0 N–H and O–H groups in total. The summed E-state index contributed by atoms with van der Waals surface area (Å²) in [5, 5.41) is 2.42. The normalized spacial score (nSPS) is 11.4. The quantitative estimate of drug-likeness (QED) is 0.102. The molecule has 6 nitrogen and oxygen atoms in total. The minimum absolute atomic E-state index is 0.0493. The molecule has 0 saturated carbocycles. The van der Waals surface area contributed by atoms with Crippen molar-refractivity contribution >= 4 is 41.3 Å². The van der Waals surface area contributed by atoms with Crippen molar-refractivity contribution in [3.8, 4) is 23.0 Å². The standard InChI is InChI=1S/C30H25ClO6S/c31-38(32,33)27-17-9-16-26-28(27)30(37-21-19-35-23-12-5-2-6-13-23)25-15-8-7-14-24(25)29(26)36-20-18-34-22-10-3-1-4-11-22/h1-17H,18-21H2. The highest BCUT2D eigenvalue weighted by atomic mass is 35.7. The van der Waals surface area contributed by atoms with Crippen molar-refractivity contribution in [1.29, 1.82) is 0 Å². The average molecular weight is 549 g/mol. The third-order valence-electron chi connectivity index (χ3n) is 5.86. The van der Waals surface area contributed by atoms with Crippen molar-refractivity contribution in [2.24, 2.45) is 0 Å². The Bertz CT molecular complexity index is 1640. The highest BCUT2D eigenvalue weighted by Crippen LogP contribution is 2.45. The third kappa shape index (κ3) is 5.79. The highest BCUT2D eigenvalue weighted by Gasteiger charge is 2.23.